The molecule has 0 atom stereocenters. The van der Waals surface area contributed by atoms with Crippen LogP contribution in [-0.4, -0.2) is 39.1 Å². The summed E-state index contributed by atoms with van der Waals surface area (Å²) < 4.78 is 13.6. The van der Waals surface area contributed by atoms with E-state index in [0.29, 0.717) is 0 Å². The van der Waals surface area contributed by atoms with E-state index < -0.39 is 41.1 Å². The first kappa shape index (κ1) is 14.9. The number of hydrogen-bond acceptors (Lipinski definition) is 3. The van der Waals surface area contributed by atoms with Gasteiger partial charge >= 0.3 is 5.97 Å². The number of rotatable bonds is 3. The van der Waals surface area contributed by atoms with Crippen LogP contribution in [0.1, 0.15) is 31.1 Å². The van der Waals surface area contributed by atoms with Crippen molar-refractivity contribution < 1.29 is 24.2 Å². The third-order valence-corrected chi connectivity index (χ3v) is 2.55. The van der Waals surface area contributed by atoms with E-state index in [2.05, 4.69) is 0 Å². The Kier molecular flexibility index (Phi) is 4.14. The molecule has 19 heavy (non-hydrogen) atoms. The van der Waals surface area contributed by atoms with Crippen molar-refractivity contribution in [2.75, 3.05) is 6.54 Å². The number of carboxylic acid groups (broad SMARTS) is 1. The summed E-state index contributed by atoms with van der Waals surface area (Å²) in [6.07, 6.45) is 0. The van der Waals surface area contributed by atoms with Crippen molar-refractivity contribution in [3.05, 3.63) is 29.6 Å². The van der Waals surface area contributed by atoms with Crippen molar-refractivity contribution >= 4 is 11.9 Å². The molecule has 0 radical (unpaired) electrons. The van der Waals surface area contributed by atoms with Crippen LogP contribution < -0.4 is 0 Å². The molecule has 0 aliphatic carbocycles. The maximum atomic E-state index is 13.6. The third-order valence-electron chi connectivity index (χ3n) is 2.55. The van der Waals surface area contributed by atoms with Gasteiger partial charge in [0, 0.05) is 5.54 Å². The molecule has 0 saturated carbocycles. The molecular formula is C13H16FNO4. The highest BCUT2D eigenvalue weighted by Gasteiger charge is 2.32. The van der Waals surface area contributed by atoms with Crippen LogP contribution in [0.15, 0.2) is 18.2 Å². The summed E-state index contributed by atoms with van der Waals surface area (Å²) in [5.41, 5.74) is -1.33. The number of phenolic OH excluding ortho intramolecular Hbond substituents is 1. The Hall–Kier alpha value is -2.11. The van der Waals surface area contributed by atoms with E-state index in [-0.39, 0.29) is 0 Å². The maximum Gasteiger partial charge on any atom is 0.323 e. The molecule has 104 valence electrons. The fourth-order valence-corrected chi connectivity index (χ4v) is 1.61. The molecule has 1 amide bonds. The monoisotopic (exact) mass is 269 g/mol. The van der Waals surface area contributed by atoms with Crippen molar-refractivity contribution in [3.63, 3.8) is 0 Å². The van der Waals surface area contributed by atoms with Crippen molar-refractivity contribution in [2.24, 2.45) is 0 Å². The molecule has 0 aliphatic heterocycles. The summed E-state index contributed by atoms with van der Waals surface area (Å²) in [6, 6.07) is 3.48. The summed E-state index contributed by atoms with van der Waals surface area (Å²) >= 11 is 0. The van der Waals surface area contributed by atoms with Gasteiger partial charge in [-0.25, -0.2) is 4.39 Å². The maximum absolute atomic E-state index is 13.6. The molecule has 6 heteroatoms. The number of nitrogens with zero attached hydrogens (tertiary/aromatic N) is 1. The number of benzene rings is 1. The Morgan fingerprint density at radius 3 is 2.32 bits per heavy atom. The van der Waals surface area contributed by atoms with Gasteiger partial charge in [-0.1, -0.05) is 6.07 Å². The zero-order chi connectivity index (χ0) is 14.8. The van der Waals surface area contributed by atoms with Crippen LogP contribution in [0.3, 0.4) is 0 Å². The van der Waals surface area contributed by atoms with Crippen LogP contribution in [0.4, 0.5) is 4.39 Å². The van der Waals surface area contributed by atoms with Crippen LogP contribution in [-0.2, 0) is 4.79 Å². The molecule has 2 N–H and O–H groups in total. The molecule has 1 aromatic carbocycles. The molecule has 1 rings (SSSR count). The molecular weight excluding hydrogens is 253 g/mol. The lowest BCUT2D eigenvalue weighted by molar-refractivity contribution is -0.138. The van der Waals surface area contributed by atoms with E-state index in [1.165, 1.54) is 12.1 Å². The number of carbonyl (C=O) groups is 2. The van der Waals surface area contributed by atoms with Crippen LogP contribution in [0.2, 0.25) is 0 Å². The van der Waals surface area contributed by atoms with Crippen molar-refractivity contribution in [1.82, 2.24) is 4.90 Å². The average molecular weight is 269 g/mol. The third kappa shape index (κ3) is 3.43. The fraction of sp³-hybridized carbons (Fsp3) is 0.385. The van der Waals surface area contributed by atoms with Gasteiger partial charge in [0.25, 0.3) is 5.91 Å². The zero-order valence-electron chi connectivity index (χ0n) is 11.0. The summed E-state index contributed by atoms with van der Waals surface area (Å²) in [6.45, 7) is 4.32. The van der Waals surface area contributed by atoms with Gasteiger partial charge in [-0.05, 0) is 32.9 Å². The minimum absolute atomic E-state index is 0.510. The molecule has 0 fully saturated rings. The number of halogens is 1. The van der Waals surface area contributed by atoms with Crippen LogP contribution in [0, 0.1) is 5.82 Å². The topological polar surface area (TPSA) is 77.8 Å². The Bertz CT molecular complexity index is 488. The lowest BCUT2D eigenvalue weighted by Crippen LogP contribution is -2.48. The molecule has 0 bridgehead atoms. The number of carboxylic acids is 1. The lowest BCUT2D eigenvalue weighted by Gasteiger charge is -2.34. The number of hydrogen-bond donors (Lipinski definition) is 2. The number of aromatic hydroxyl groups is 1. The molecule has 0 unspecified atom stereocenters. The second kappa shape index (κ2) is 5.26. The molecule has 5 nitrogen and oxygen atoms in total. The Morgan fingerprint density at radius 1 is 1.32 bits per heavy atom. The minimum atomic E-state index is -1.21. The van der Waals surface area contributed by atoms with E-state index in [9.17, 15) is 19.1 Å². The molecule has 0 aromatic heterocycles. The normalized spacial score (nSPS) is 11.2. The second-order valence-electron chi connectivity index (χ2n) is 5.09. The largest absolute Gasteiger partial charge is 0.507 e. The van der Waals surface area contributed by atoms with Gasteiger partial charge in [0.15, 0.2) is 0 Å². The standard InChI is InChI=1S/C13H16FNO4/c1-13(2,3)15(7-10(17)18)12(19)11-8(14)5-4-6-9(11)16/h4-6,16H,7H2,1-3H3,(H,17,18). The van der Waals surface area contributed by atoms with Crippen LogP contribution in [0.25, 0.3) is 0 Å². The number of aliphatic carboxylic acids is 1. The van der Waals surface area contributed by atoms with Crippen LogP contribution >= 0.6 is 0 Å². The predicted molar refractivity (Wildman–Crippen MR) is 66.5 cm³/mol. The van der Waals surface area contributed by atoms with Gasteiger partial charge < -0.3 is 15.1 Å². The van der Waals surface area contributed by atoms with E-state index in [0.717, 1.165) is 11.0 Å². The second-order valence-corrected chi connectivity index (χ2v) is 5.09. The highest BCUT2D eigenvalue weighted by Crippen LogP contribution is 2.25. The summed E-state index contributed by atoms with van der Waals surface area (Å²) in [4.78, 5) is 24.0. The fourth-order valence-electron chi connectivity index (χ4n) is 1.61. The summed E-state index contributed by atoms with van der Waals surface area (Å²) in [5, 5.41) is 18.4. The number of phenols is 1. The average Bonchev–Trinajstić information content (AvgIpc) is 2.23. The Morgan fingerprint density at radius 2 is 1.89 bits per heavy atom. The van der Waals surface area contributed by atoms with Crippen molar-refractivity contribution in [1.29, 1.82) is 0 Å². The van der Waals surface area contributed by atoms with Crippen LogP contribution in [0.5, 0.6) is 5.75 Å². The SMILES string of the molecule is CC(C)(C)N(CC(=O)O)C(=O)c1c(O)cccc1F. The first-order chi connectivity index (χ1) is 8.64. The summed E-state index contributed by atoms with van der Waals surface area (Å²) in [7, 11) is 0. The molecule has 0 aliphatic rings. The molecule has 0 heterocycles. The minimum Gasteiger partial charge on any atom is -0.507 e. The first-order valence-electron chi connectivity index (χ1n) is 5.66. The van der Waals surface area contributed by atoms with Gasteiger partial charge in [0.1, 0.15) is 23.7 Å². The quantitative estimate of drug-likeness (QED) is 0.878. The van der Waals surface area contributed by atoms with E-state index in [1.807, 2.05) is 0 Å². The van der Waals surface area contributed by atoms with Gasteiger partial charge in [0.05, 0.1) is 0 Å². The van der Waals surface area contributed by atoms with E-state index in [1.54, 1.807) is 20.8 Å². The van der Waals surface area contributed by atoms with Gasteiger partial charge in [-0.2, -0.15) is 0 Å². The highest BCUT2D eigenvalue weighted by atomic mass is 19.1. The Balaban J connectivity index is 3.24. The van der Waals surface area contributed by atoms with E-state index >= 15 is 0 Å². The van der Waals surface area contributed by atoms with Gasteiger partial charge in [-0.3, -0.25) is 9.59 Å². The molecule has 0 spiro atoms. The lowest BCUT2D eigenvalue weighted by atomic mass is 10.0. The first-order valence-corrected chi connectivity index (χ1v) is 5.66. The smallest absolute Gasteiger partial charge is 0.323 e. The Labute approximate surface area is 110 Å². The molecule has 0 saturated heterocycles. The highest BCUT2D eigenvalue weighted by molar-refractivity contribution is 5.98. The van der Waals surface area contributed by atoms with Crippen molar-refractivity contribution in [2.45, 2.75) is 26.3 Å². The predicted octanol–water partition coefficient (Wildman–Crippen LogP) is 1.86. The molecule has 1 aromatic rings. The van der Waals surface area contributed by atoms with Gasteiger partial charge in [0.2, 0.25) is 0 Å². The number of carbonyl (C=O) groups excluding carboxylic acids is 1. The zero-order valence-corrected chi connectivity index (χ0v) is 11.0. The summed E-state index contributed by atoms with van der Waals surface area (Å²) in [5.74, 6) is -3.46. The van der Waals surface area contributed by atoms with Crippen molar-refractivity contribution in [3.8, 4) is 5.75 Å². The van der Waals surface area contributed by atoms with Gasteiger partial charge in [-0.15, -0.1) is 0 Å². The van der Waals surface area contributed by atoms with E-state index in [4.69, 9.17) is 5.11 Å². The number of amides is 1.